The Hall–Kier alpha value is -1.74. The highest BCUT2D eigenvalue weighted by atomic mass is 32.2. The maximum absolute atomic E-state index is 12.4. The van der Waals surface area contributed by atoms with Crippen LogP contribution < -0.4 is 5.32 Å². The van der Waals surface area contributed by atoms with Crippen LogP contribution in [0.25, 0.3) is 0 Å². The van der Waals surface area contributed by atoms with Gasteiger partial charge in [0.2, 0.25) is 0 Å². The second-order valence-corrected chi connectivity index (χ2v) is 8.36. The predicted octanol–water partition coefficient (Wildman–Crippen LogP) is -0.537. The van der Waals surface area contributed by atoms with Crippen LogP contribution in [0.3, 0.4) is 0 Å². The largest absolute Gasteiger partial charge is 0.365 e. The van der Waals surface area contributed by atoms with E-state index in [0.717, 1.165) is 13.1 Å². The third-order valence-corrected chi connectivity index (χ3v) is 6.01. The van der Waals surface area contributed by atoms with Gasteiger partial charge in [-0.15, -0.1) is 0 Å². The van der Waals surface area contributed by atoms with Gasteiger partial charge >= 0.3 is 0 Å². The highest BCUT2D eigenvalue weighted by Gasteiger charge is 2.28. The topological polar surface area (TPSA) is 95.5 Å². The van der Waals surface area contributed by atoms with Crippen LogP contribution in [0.4, 0.5) is 5.82 Å². The molecule has 2 aliphatic rings. The number of carbonyl (C=O) groups excluding carboxylic acids is 1. The minimum atomic E-state index is -2.93. The Balaban J connectivity index is 1.60. The molecule has 126 valence electrons. The third-order valence-electron chi connectivity index (χ3n) is 4.25. The van der Waals surface area contributed by atoms with Crippen LogP contribution in [0.15, 0.2) is 12.4 Å². The molecule has 3 rings (SSSR count). The summed E-state index contributed by atoms with van der Waals surface area (Å²) >= 11 is 0. The highest BCUT2D eigenvalue weighted by molar-refractivity contribution is 7.91. The molecule has 1 amide bonds. The number of amides is 1. The van der Waals surface area contributed by atoms with Crippen LogP contribution in [0.5, 0.6) is 0 Å². The van der Waals surface area contributed by atoms with Crippen LogP contribution in [-0.2, 0) is 9.84 Å². The van der Waals surface area contributed by atoms with E-state index in [-0.39, 0.29) is 23.5 Å². The third kappa shape index (κ3) is 3.97. The number of likely N-dealkylation sites (N-methyl/N-ethyl adjacent to an activating group) is 1. The standard InChI is InChI=1S/C14H21N5O3S/c1-18-3-5-19(6-4-18)14(20)12-8-16-13(9-15-12)17-11-2-7-23(21,22)10-11/h8-9,11H,2-7,10H2,1H3,(H,16,17). The summed E-state index contributed by atoms with van der Waals surface area (Å²) in [5, 5.41) is 3.06. The van der Waals surface area contributed by atoms with Crippen molar-refractivity contribution in [2.24, 2.45) is 0 Å². The zero-order chi connectivity index (χ0) is 16.4. The molecule has 1 unspecified atom stereocenters. The van der Waals surface area contributed by atoms with Gasteiger partial charge in [0.15, 0.2) is 9.84 Å². The molecule has 1 aromatic heterocycles. The molecule has 1 atom stereocenters. The molecule has 23 heavy (non-hydrogen) atoms. The summed E-state index contributed by atoms with van der Waals surface area (Å²) in [6.07, 6.45) is 3.52. The number of rotatable bonds is 3. The van der Waals surface area contributed by atoms with E-state index < -0.39 is 9.84 Å². The summed E-state index contributed by atoms with van der Waals surface area (Å²) in [6, 6.07) is -0.131. The van der Waals surface area contributed by atoms with Crippen LogP contribution >= 0.6 is 0 Å². The number of sulfone groups is 1. The first-order chi connectivity index (χ1) is 10.9. The summed E-state index contributed by atoms with van der Waals surface area (Å²) in [5.41, 5.74) is 0.319. The van der Waals surface area contributed by atoms with Crippen molar-refractivity contribution in [2.45, 2.75) is 12.5 Å². The molecular formula is C14H21N5O3S. The van der Waals surface area contributed by atoms with Crippen molar-refractivity contribution in [2.75, 3.05) is 50.0 Å². The minimum absolute atomic E-state index is 0.111. The molecule has 2 fully saturated rings. The predicted molar refractivity (Wildman–Crippen MR) is 86.1 cm³/mol. The van der Waals surface area contributed by atoms with Crippen molar-refractivity contribution in [3.63, 3.8) is 0 Å². The lowest BCUT2D eigenvalue weighted by Crippen LogP contribution is -2.47. The molecule has 0 aliphatic carbocycles. The van der Waals surface area contributed by atoms with Gasteiger partial charge in [-0.2, -0.15) is 0 Å². The Morgan fingerprint density at radius 3 is 2.52 bits per heavy atom. The van der Waals surface area contributed by atoms with E-state index in [2.05, 4.69) is 20.2 Å². The van der Waals surface area contributed by atoms with E-state index in [1.165, 1.54) is 12.4 Å². The molecule has 0 aromatic carbocycles. The number of hydrogen-bond donors (Lipinski definition) is 1. The van der Waals surface area contributed by atoms with Crippen LogP contribution in [0, 0.1) is 0 Å². The van der Waals surface area contributed by atoms with Crippen molar-refractivity contribution in [1.82, 2.24) is 19.8 Å². The van der Waals surface area contributed by atoms with Gasteiger partial charge in [-0.1, -0.05) is 0 Å². The Labute approximate surface area is 135 Å². The molecule has 8 nitrogen and oxygen atoms in total. The van der Waals surface area contributed by atoms with Gasteiger partial charge in [0.25, 0.3) is 5.91 Å². The summed E-state index contributed by atoms with van der Waals surface area (Å²) < 4.78 is 22.9. The fourth-order valence-electron chi connectivity index (χ4n) is 2.80. The first-order valence-corrected chi connectivity index (χ1v) is 9.52. The number of hydrogen-bond acceptors (Lipinski definition) is 7. The molecule has 2 aliphatic heterocycles. The fraction of sp³-hybridized carbons (Fsp3) is 0.643. The van der Waals surface area contributed by atoms with E-state index in [1.807, 2.05) is 7.05 Å². The van der Waals surface area contributed by atoms with Gasteiger partial charge in [0.1, 0.15) is 11.5 Å². The van der Waals surface area contributed by atoms with Gasteiger partial charge in [-0.05, 0) is 13.5 Å². The van der Waals surface area contributed by atoms with E-state index in [0.29, 0.717) is 31.0 Å². The zero-order valence-electron chi connectivity index (χ0n) is 13.1. The molecule has 3 heterocycles. The number of aromatic nitrogens is 2. The quantitative estimate of drug-likeness (QED) is 0.790. The van der Waals surface area contributed by atoms with Gasteiger partial charge in [-0.25, -0.2) is 18.4 Å². The number of nitrogens with zero attached hydrogens (tertiary/aromatic N) is 4. The lowest BCUT2D eigenvalue weighted by Gasteiger charge is -2.32. The van der Waals surface area contributed by atoms with Gasteiger partial charge < -0.3 is 15.1 Å². The maximum atomic E-state index is 12.4. The van der Waals surface area contributed by atoms with Crippen LogP contribution in [0.1, 0.15) is 16.9 Å². The maximum Gasteiger partial charge on any atom is 0.274 e. The molecule has 1 aromatic rings. The Bertz CT molecular complexity index is 668. The van der Waals surface area contributed by atoms with Crippen LogP contribution in [0.2, 0.25) is 0 Å². The zero-order valence-corrected chi connectivity index (χ0v) is 13.9. The Kier molecular flexibility index (Phi) is 4.49. The average Bonchev–Trinajstić information content (AvgIpc) is 2.87. The lowest BCUT2D eigenvalue weighted by atomic mass is 10.2. The second-order valence-electron chi connectivity index (χ2n) is 6.13. The minimum Gasteiger partial charge on any atom is -0.365 e. The molecule has 0 saturated carbocycles. The van der Waals surface area contributed by atoms with E-state index in [9.17, 15) is 13.2 Å². The lowest BCUT2D eigenvalue weighted by molar-refractivity contribution is 0.0658. The first kappa shape index (κ1) is 16.1. The van der Waals surface area contributed by atoms with Gasteiger partial charge in [0, 0.05) is 32.2 Å². The summed E-state index contributed by atoms with van der Waals surface area (Å²) in [4.78, 5) is 24.7. The molecule has 2 saturated heterocycles. The van der Waals surface area contributed by atoms with Crippen molar-refractivity contribution >= 4 is 21.6 Å². The van der Waals surface area contributed by atoms with Crippen molar-refractivity contribution in [1.29, 1.82) is 0 Å². The SMILES string of the molecule is CN1CCN(C(=O)c2cnc(NC3CCS(=O)(=O)C3)cn2)CC1. The first-order valence-electron chi connectivity index (χ1n) is 7.70. The van der Waals surface area contributed by atoms with Crippen molar-refractivity contribution in [3.8, 4) is 0 Å². The second kappa shape index (κ2) is 6.40. The average molecular weight is 339 g/mol. The Morgan fingerprint density at radius 1 is 1.22 bits per heavy atom. The number of carbonyl (C=O) groups is 1. The molecule has 0 radical (unpaired) electrons. The number of nitrogens with one attached hydrogen (secondary N) is 1. The highest BCUT2D eigenvalue weighted by Crippen LogP contribution is 2.16. The van der Waals surface area contributed by atoms with E-state index >= 15 is 0 Å². The normalized spacial score (nSPS) is 24.6. The van der Waals surface area contributed by atoms with Crippen molar-refractivity contribution in [3.05, 3.63) is 18.1 Å². The van der Waals surface area contributed by atoms with Gasteiger partial charge in [0.05, 0.1) is 23.9 Å². The van der Waals surface area contributed by atoms with Crippen molar-refractivity contribution < 1.29 is 13.2 Å². The summed E-state index contributed by atoms with van der Waals surface area (Å²) in [5.74, 6) is 0.719. The van der Waals surface area contributed by atoms with E-state index in [4.69, 9.17) is 0 Å². The fourth-order valence-corrected chi connectivity index (χ4v) is 4.48. The number of piperazine rings is 1. The molecule has 9 heteroatoms. The molecular weight excluding hydrogens is 318 g/mol. The Morgan fingerprint density at radius 2 is 1.96 bits per heavy atom. The molecule has 0 spiro atoms. The van der Waals surface area contributed by atoms with E-state index in [1.54, 1.807) is 4.90 Å². The molecule has 0 bridgehead atoms. The summed E-state index contributed by atoms with van der Waals surface area (Å²) in [7, 11) is -0.899. The summed E-state index contributed by atoms with van der Waals surface area (Å²) in [6.45, 7) is 3.10. The van der Waals surface area contributed by atoms with Crippen LogP contribution in [-0.4, -0.2) is 84.9 Å². The van der Waals surface area contributed by atoms with Gasteiger partial charge in [-0.3, -0.25) is 4.79 Å². The smallest absolute Gasteiger partial charge is 0.274 e. The molecule has 1 N–H and O–H groups in total. The number of anilines is 1. The monoisotopic (exact) mass is 339 g/mol.